The highest BCUT2D eigenvalue weighted by molar-refractivity contribution is 6.00. The van der Waals surface area contributed by atoms with Crippen LogP contribution in [0.2, 0.25) is 0 Å². The molecule has 4 heteroatoms. The molecule has 148 valence electrons. The van der Waals surface area contributed by atoms with E-state index >= 15 is 0 Å². The molecule has 1 heterocycles. The Morgan fingerprint density at radius 2 is 1.86 bits per heavy atom. The molecule has 28 heavy (non-hydrogen) atoms. The fraction of sp³-hybridized carbons (Fsp3) is 0.333. The number of aromatic carboxylic acids is 1. The van der Waals surface area contributed by atoms with Crippen LogP contribution in [0, 0.1) is 0 Å². The van der Waals surface area contributed by atoms with Gasteiger partial charge in [-0.05, 0) is 67.7 Å². The monoisotopic (exact) mass is 379 g/mol. The molecule has 1 aromatic carbocycles. The SMILES string of the molecule is C=C/C(=C\c1cc(CCCC)n(-c2ccc(C(=O)O)cc2)c1C(C)C)C(C)=O. The highest BCUT2D eigenvalue weighted by atomic mass is 16.4. The van der Waals surface area contributed by atoms with E-state index in [4.69, 9.17) is 0 Å². The quantitative estimate of drug-likeness (QED) is 0.442. The lowest BCUT2D eigenvalue weighted by Crippen LogP contribution is -2.07. The van der Waals surface area contributed by atoms with E-state index in [9.17, 15) is 14.7 Å². The lowest BCUT2D eigenvalue weighted by Gasteiger charge is -2.17. The number of aromatic nitrogens is 1. The summed E-state index contributed by atoms with van der Waals surface area (Å²) >= 11 is 0. The lowest BCUT2D eigenvalue weighted by molar-refractivity contribution is -0.113. The number of Topliss-reactive ketones (excluding diaryl/α,β-unsaturated/α-hetero) is 1. The minimum absolute atomic E-state index is 0.0154. The predicted octanol–water partition coefficient (Wildman–Crippen LogP) is 5.80. The van der Waals surface area contributed by atoms with Crippen molar-refractivity contribution in [1.82, 2.24) is 4.57 Å². The van der Waals surface area contributed by atoms with Crippen molar-refractivity contribution >= 4 is 17.8 Å². The van der Waals surface area contributed by atoms with Crippen LogP contribution >= 0.6 is 0 Å². The summed E-state index contributed by atoms with van der Waals surface area (Å²) in [4.78, 5) is 23.1. The summed E-state index contributed by atoms with van der Waals surface area (Å²) in [7, 11) is 0. The Morgan fingerprint density at radius 1 is 1.21 bits per heavy atom. The van der Waals surface area contributed by atoms with Crippen LogP contribution in [-0.2, 0) is 11.2 Å². The van der Waals surface area contributed by atoms with Crippen LogP contribution in [0.3, 0.4) is 0 Å². The van der Waals surface area contributed by atoms with Crippen LogP contribution < -0.4 is 0 Å². The Bertz CT molecular complexity index is 899. The third-order valence-electron chi connectivity index (χ3n) is 4.79. The number of benzene rings is 1. The first-order valence-electron chi connectivity index (χ1n) is 9.73. The van der Waals surface area contributed by atoms with Crippen molar-refractivity contribution in [3.05, 3.63) is 71.1 Å². The fourth-order valence-electron chi connectivity index (χ4n) is 3.38. The van der Waals surface area contributed by atoms with Crippen LogP contribution in [0.15, 0.2) is 48.6 Å². The van der Waals surface area contributed by atoms with Crippen molar-refractivity contribution in [2.45, 2.75) is 52.9 Å². The number of nitrogens with zero attached hydrogens (tertiary/aromatic N) is 1. The fourth-order valence-corrected chi connectivity index (χ4v) is 3.38. The summed E-state index contributed by atoms with van der Waals surface area (Å²) in [5.41, 5.74) is 5.06. The Kier molecular flexibility index (Phi) is 7.16. The Morgan fingerprint density at radius 3 is 2.32 bits per heavy atom. The normalized spacial score (nSPS) is 11.7. The van der Waals surface area contributed by atoms with Gasteiger partial charge in [-0.3, -0.25) is 4.79 Å². The van der Waals surface area contributed by atoms with Crippen molar-refractivity contribution in [3.63, 3.8) is 0 Å². The van der Waals surface area contributed by atoms with Crippen molar-refractivity contribution in [1.29, 1.82) is 0 Å². The third-order valence-corrected chi connectivity index (χ3v) is 4.79. The number of carbonyl (C=O) groups is 2. The van der Waals surface area contributed by atoms with Gasteiger partial charge in [0.05, 0.1) is 5.56 Å². The molecule has 0 aliphatic carbocycles. The smallest absolute Gasteiger partial charge is 0.335 e. The molecule has 0 bridgehead atoms. The molecule has 0 saturated carbocycles. The number of carbonyl (C=O) groups excluding carboxylic acids is 1. The zero-order valence-electron chi connectivity index (χ0n) is 17.2. The van der Waals surface area contributed by atoms with E-state index in [0.29, 0.717) is 5.57 Å². The predicted molar refractivity (Wildman–Crippen MR) is 114 cm³/mol. The number of carboxylic acid groups (broad SMARTS) is 1. The van der Waals surface area contributed by atoms with E-state index in [1.807, 2.05) is 18.2 Å². The number of hydrogen-bond acceptors (Lipinski definition) is 2. The molecule has 0 radical (unpaired) electrons. The van der Waals surface area contributed by atoms with E-state index in [1.54, 1.807) is 25.1 Å². The van der Waals surface area contributed by atoms with E-state index in [2.05, 4.69) is 38.0 Å². The topological polar surface area (TPSA) is 59.3 Å². The van der Waals surface area contributed by atoms with Gasteiger partial charge in [-0.1, -0.05) is 39.8 Å². The van der Waals surface area contributed by atoms with E-state index in [1.165, 1.54) is 0 Å². The van der Waals surface area contributed by atoms with Crippen LogP contribution in [0.25, 0.3) is 11.8 Å². The number of aryl methyl sites for hydroxylation is 1. The van der Waals surface area contributed by atoms with Gasteiger partial charge in [0.25, 0.3) is 0 Å². The van der Waals surface area contributed by atoms with Gasteiger partial charge in [0.1, 0.15) is 0 Å². The molecule has 0 fully saturated rings. The lowest BCUT2D eigenvalue weighted by atomic mass is 10.0. The molecule has 0 saturated heterocycles. The van der Waals surface area contributed by atoms with Crippen molar-refractivity contribution < 1.29 is 14.7 Å². The molecule has 0 amide bonds. The van der Waals surface area contributed by atoms with Gasteiger partial charge in [0, 0.05) is 22.6 Å². The number of unbranched alkanes of at least 4 members (excludes halogenated alkanes) is 1. The van der Waals surface area contributed by atoms with Gasteiger partial charge in [-0.25, -0.2) is 4.79 Å². The van der Waals surface area contributed by atoms with Crippen molar-refractivity contribution in [2.24, 2.45) is 0 Å². The molecule has 0 aliphatic rings. The zero-order valence-corrected chi connectivity index (χ0v) is 17.2. The van der Waals surface area contributed by atoms with E-state index in [-0.39, 0.29) is 17.3 Å². The van der Waals surface area contributed by atoms with Gasteiger partial charge in [0.2, 0.25) is 0 Å². The molecule has 1 N–H and O–H groups in total. The Balaban J connectivity index is 2.71. The number of allylic oxidation sites excluding steroid dienone is 2. The summed E-state index contributed by atoms with van der Waals surface area (Å²) < 4.78 is 2.21. The maximum absolute atomic E-state index is 11.9. The first-order valence-corrected chi connectivity index (χ1v) is 9.73. The summed E-state index contributed by atoms with van der Waals surface area (Å²) in [5.74, 6) is -0.729. The Hall–Kier alpha value is -2.88. The average Bonchev–Trinajstić information content (AvgIpc) is 3.02. The first kappa shape index (κ1) is 21.4. The molecule has 1 aromatic heterocycles. The minimum atomic E-state index is -0.935. The molecule has 4 nitrogen and oxygen atoms in total. The molecule has 2 aromatic rings. The van der Waals surface area contributed by atoms with Crippen molar-refractivity contribution in [3.8, 4) is 5.69 Å². The minimum Gasteiger partial charge on any atom is -0.478 e. The second-order valence-corrected chi connectivity index (χ2v) is 7.28. The average molecular weight is 380 g/mol. The van der Waals surface area contributed by atoms with Gasteiger partial charge >= 0.3 is 5.97 Å². The molecular weight excluding hydrogens is 350 g/mol. The highest BCUT2D eigenvalue weighted by Crippen LogP contribution is 2.31. The number of rotatable bonds is 9. The van der Waals surface area contributed by atoms with Crippen molar-refractivity contribution in [2.75, 3.05) is 0 Å². The summed E-state index contributed by atoms with van der Waals surface area (Å²) in [6, 6.07) is 9.09. The maximum atomic E-state index is 11.9. The van der Waals surface area contributed by atoms with Crippen LogP contribution in [0.5, 0.6) is 0 Å². The number of carboxylic acids is 1. The van der Waals surface area contributed by atoms with Crippen LogP contribution in [-0.4, -0.2) is 21.4 Å². The first-order chi connectivity index (χ1) is 13.3. The number of ketones is 1. The summed E-state index contributed by atoms with van der Waals surface area (Å²) in [6.45, 7) is 11.7. The third kappa shape index (κ3) is 4.69. The Labute approximate surface area is 167 Å². The highest BCUT2D eigenvalue weighted by Gasteiger charge is 2.19. The van der Waals surface area contributed by atoms with Gasteiger partial charge in [-0.2, -0.15) is 0 Å². The summed E-state index contributed by atoms with van der Waals surface area (Å²) in [6.07, 6.45) is 6.54. The van der Waals surface area contributed by atoms with E-state index < -0.39 is 5.97 Å². The molecule has 0 atom stereocenters. The number of hydrogen-bond donors (Lipinski definition) is 1. The van der Waals surface area contributed by atoms with Gasteiger partial charge in [-0.15, -0.1) is 0 Å². The zero-order chi connectivity index (χ0) is 20.8. The second-order valence-electron chi connectivity index (χ2n) is 7.28. The second kappa shape index (κ2) is 9.36. The standard InChI is InChI=1S/C24H29NO3/c1-6-8-9-22-15-20(14-18(7-2)17(5)26)23(16(3)4)25(22)21-12-10-19(11-13-21)24(27)28/h7,10-16H,2,6,8-9H2,1,3-5H3,(H,27,28)/b18-14+. The molecule has 0 aliphatic heterocycles. The summed E-state index contributed by atoms with van der Waals surface area (Å²) in [5, 5.41) is 9.19. The van der Waals surface area contributed by atoms with Gasteiger partial charge < -0.3 is 9.67 Å². The molecular formula is C24H29NO3. The van der Waals surface area contributed by atoms with Crippen LogP contribution in [0.4, 0.5) is 0 Å². The van der Waals surface area contributed by atoms with Gasteiger partial charge in [0.15, 0.2) is 5.78 Å². The maximum Gasteiger partial charge on any atom is 0.335 e. The molecule has 0 unspecified atom stereocenters. The molecule has 0 spiro atoms. The van der Waals surface area contributed by atoms with Crippen LogP contribution in [0.1, 0.15) is 73.8 Å². The van der Waals surface area contributed by atoms with E-state index in [0.717, 1.165) is 41.9 Å². The molecule has 2 rings (SSSR count). The largest absolute Gasteiger partial charge is 0.478 e.